The highest BCUT2D eigenvalue weighted by Gasteiger charge is 2.30. The number of nitrogens with two attached hydrogens (primary N) is 1. The van der Waals surface area contributed by atoms with Crippen molar-refractivity contribution < 1.29 is 4.74 Å². The first-order chi connectivity index (χ1) is 6.44. The third-order valence-electron chi connectivity index (χ3n) is 2.93. The molecule has 2 atom stereocenters. The van der Waals surface area contributed by atoms with Gasteiger partial charge in [0.05, 0.1) is 6.61 Å². The number of hydrogen-bond donors (Lipinski definition) is 1. The number of likely N-dealkylation sites (tertiary alicyclic amines) is 1. The predicted octanol–water partition coefficient (Wildman–Crippen LogP) is 0.938. The largest absolute Gasteiger partial charge is 0.384 e. The van der Waals surface area contributed by atoms with E-state index in [1.807, 2.05) is 0 Å². The molecule has 0 aromatic rings. The van der Waals surface area contributed by atoms with Gasteiger partial charge in [0, 0.05) is 38.2 Å². The molecule has 0 aromatic carbocycles. The van der Waals surface area contributed by atoms with E-state index in [1.165, 1.54) is 0 Å². The fourth-order valence-electron chi connectivity index (χ4n) is 2.27. The first-order valence-electron chi connectivity index (χ1n) is 5.41. The van der Waals surface area contributed by atoms with Crippen molar-refractivity contribution in [2.24, 2.45) is 17.1 Å². The van der Waals surface area contributed by atoms with Crippen LogP contribution in [0.25, 0.3) is 0 Å². The van der Waals surface area contributed by atoms with Gasteiger partial charge in [0.25, 0.3) is 0 Å². The van der Waals surface area contributed by atoms with Crippen LogP contribution in [0.1, 0.15) is 20.8 Å². The highest BCUT2D eigenvalue weighted by Crippen LogP contribution is 2.22. The molecular weight excluding hydrogens is 176 g/mol. The SMILES string of the molecule is COCC(C)(C)CN1CC(C)C(N)C1. The molecule has 0 aromatic heterocycles. The van der Waals surface area contributed by atoms with Gasteiger partial charge < -0.3 is 15.4 Å². The molecule has 1 heterocycles. The van der Waals surface area contributed by atoms with Crippen molar-refractivity contribution in [1.29, 1.82) is 0 Å². The molecule has 1 saturated heterocycles. The van der Waals surface area contributed by atoms with E-state index in [1.54, 1.807) is 7.11 Å². The summed E-state index contributed by atoms with van der Waals surface area (Å²) in [6.45, 7) is 10.8. The van der Waals surface area contributed by atoms with E-state index >= 15 is 0 Å². The average Bonchev–Trinajstić information content (AvgIpc) is 2.29. The van der Waals surface area contributed by atoms with E-state index in [9.17, 15) is 0 Å². The molecule has 1 aliphatic rings. The zero-order valence-electron chi connectivity index (χ0n) is 9.92. The molecule has 1 aliphatic heterocycles. The monoisotopic (exact) mass is 200 g/mol. The fraction of sp³-hybridized carbons (Fsp3) is 1.00. The fourth-order valence-corrected chi connectivity index (χ4v) is 2.27. The summed E-state index contributed by atoms with van der Waals surface area (Å²) < 4.78 is 5.21. The maximum Gasteiger partial charge on any atom is 0.0525 e. The highest BCUT2D eigenvalue weighted by atomic mass is 16.5. The molecule has 2 unspecified atom stereocenters. The van der Waals surface area contributed by atoms with Gasteiger partial charge in [-0.3, -0.25) is 0 Å². The molecule has 0 saturated carbocycles. The van der Waals surface area contributed by atoms with E-state index in [-0.39, 0.29) is 5.41 Å². The van der Waals surface area contributed by atoms with Crippen LogP contribution in [0.4, 0.5) is 0 Å². The predicted molar refractivity (Wildman–Crippen MR) is 59.2 cm³/mol. The van der Waals surface area contributed by atoms with Crippen molar-refractivity contribution in [2.45, 2.75) is 26.8 Å². The lowest BCUT2D eigenvalue weighted by atomic mass is 9.94. The lowest BCUT2D eigenvalue weighted by Gasteiger charge is -2.29. The lowest BCUT2D eigenvalue weighted by Crippen LogP contribution is -2.37. The van der Waals surface area contributed by atoms with Crippen molar-refractivity contribution in [3.63, 3.8) is 0 Å². The molecule has 0 radical (unpaired) electrons. The Kier molecular flexibility index (Phi) is 3.93. The zero-order chi connectivity index (χ0) is 10.8. The minimum atomic E-state index is 0.235. The lowest BCUT2D eigenvalue weighted by molar-refractivity contribution is 0.0758. The smallest absolute Gasteiger partial charge is 0.0525 e. The normalized spacial score (nSPS) is 29.8. The summed E-state index contributed by atoms with van der Waals surface area (Å²) in [5.41, 5.74) is 6.22. The zero-order valence-corrected chi connectivity index (χ0v) is 9.92. The Morgan fingerprint density at radius 3 is 2.50 bits per heavy atom. The van der Waals surface area contributed by atoms with Crippen LogP contribution >= 0.6 is 0 Å². The van der Waals surface area contributed by atoms with Crippen LogP contribution in [0.2, 0.25) is 0 Å². The minimum absolute atomic E-state index is 0.235. The summed E-state index contributed by atoms with van der Waals surface area (Å²) in [5.74, 6) is 0.633. The second-order valence-corrected chi connectivity index (χ2v) is 5.43. The number of nitrogens with zero attached hydrogens (tertiary/aromatic N) is 1. The van der Waals surface area contributed by atoms with Gasteiger partial charge in [0.1, 0.15) is 0 Å². The Morgan fingerprint density at radius 2 is 2.07 bits per heavy atom. The Bertz CT molecular complexity index is 172. The van der Waals surface area contributed by atoms with Crippen LogP contribution in [-0.4, -0.2) is 44.3 Å². The van der Waals surface area contributed by atoms with E-state index in [4.69, 9.17) is 10.5 Å². The van der Waals surface area contributed by atoms with Crippen molar-refractivity contribution in [1.82, 2.24) is 4.90 Å². The Balaban J connectivity index is 2.38. The quantitative estimate of drug-likeness (QED) is 0.734. The van der Waals surface area contributed by atoms with E-state index in [0.29, 0.717) is 12.0 Å². The van der Waals surface area contributed by atoms with Gasteiger partial charge in [-0.15, -0.1) is 0 Å². The Labute approximate surface area is 87.6 Å². The van der Waals surface area contributed by atoms with Crippen LogP contribution in [-0.2, 0) is 4.74 Å². The van der Waals surface area contributed by atoms with Crippen molar-refractivity contribution in [3.05, 3.63) is 0 Å². The van der Waals surface area contributed by atoms with E-state index in [2.05, 4.69) is 25.7 Å². The van der Waals surface area contributed by atoms with Crippen LogP contribution in [0.3, 0.4) is 0 Å². The number of hydrogen-bond acceptors (Lipinski definition) is 3. The number of rotatable bonds is 4. The first kappa shape index (κ1) is 12.0. The number of ether oxygens (including phenoxy) is 1. The molecule has 1 rings (SSSR count). The summed E-state index contributed by atoms with van der Waals surface area (Å²) in [7, 11) is 1.76. The summed E-state index contributed by atoms with van der Waals surface area (Å²) in [6, 6.07) is 0.355. The van der Waals surface area contributed by atoms with Gasteiger partial charge in [-0.1, -0.05) is 20.8 Å². The molecule has 0 aliphatic carbocycles. The molecule has 0 bridgehead atoms. The van der Waals surface area contributed by atoms with Gasteiger partial charge >= 0.3 is 0 Å². The minimum Gasteiger partial charge on any atom is -0.384 e. The summed E-state index contributed by atoms with van der Waals surface area (Å²) in [4.78, 5) is 2.45. The average molecular weight is 200 g/mol. The molecule has 0 amide bonds. The van der Waals surface area contributed by atoms with Gasteiger partial charge in [-0.05, 0) is 5.92 Å². The van der Waals surface area contributed by atoms with E-state index in [0.717, 1.165) is 26.2 Å². The van der Waals surface area contributed by atoms with Crippen LogP contribution in [0.5, 0.6) is 0 Å². The van der Waals surface area contributed by atoms with Crippen molar-refractivity contribution in [3.8, 4) is 0 Å². The van der Waals surface area contributed by atoms with Gasteiger partial charge in [-0.25, -0.2) is 0 Å². The second kappa shape index (κ2) is 4.60. The standard InChI is InChI=1S/C11H24N2O/c1-9-5-13(6-10(9)12)7-11(2,3)8-14-4/h9-10H,5-8,12H2,1-4H3. The maximum atomic E-state index is 5.99. The van der Waals surface area contributed by atoms with Crippen LogP contribution < -0.4 is 5.73 Å². The molecule has 0 spiro atoms. The van der Waals surface area contributed by atoms with Crippen molar-refractivity contribution >= 4 is 0 Å². The molecule has 3 heteroatoms. The molecule has 2 N–H and O–H groups in total. The van der Waals surface area contributed by atoms with Crippen LogP contribution in [0.15, 0.2) is 0 Å². The molecule has 1 fully saturated rings. The van der Waals surface area contributed by atoms with Crippen molar-refractivity contribution in [2.75, 3.05) is 33.4 Å². The summed E-state index contributed by atoms with van der Waals surface area (Å²) >= 11 is 0. The highest BCUT2D eigenvalue weighted by molar-refractivity contribution is 4.86. The topological polar surface area (TPSA) is 38.5 Å². The molecular formula is C11H24N2O. The third kappa shape index (κ3) is 3.23. The summed E-state index contributed by atoms with van der Waals surface area (Å²) in [5, 5.41) is 0. The van der Waals surface area contributed by atoms with Crippen LogP contribution in [0, 0.1) is 11.3 Å². The Hall–Kier alpha value is -0.120. The molecule has 3 nitrogen and oxygen atoms in total. The maximum absolute atomic E-state index is 5.99. The molecule has 14 heavy (non-hydrogen) atoms. The van der Waals surface area contributed by atoms with Gasteiger partial charge in [0.2, 0.25) is 0 Å². The van der Waals surface area contributed by atoms with E-state index < -0.39 is 0 Å². The van der Waals surface area contributed by atoms with Gasteiger partial charge in [-0.2, -0.15) is 0 Å². The third-order valence-corrected chi connectivity index (χ3v) is 2.93. The molecule has 84 valence electrons. The first-order valence-corrected chi connectivity index (χ1v) is 5.41. The summed E-state index contributed by atoms with van der Waals surface area (Å²) in [6.07, 6.45) is 0. The Morgan fingerprint density at radius 1 is 1.43 bits per heavy atom. The second-order valence-electron chi connectivity index (χ2n) is 5.43. The van der Waals surface area contributed by atoms with Gasteiger partial charge in [0.15, 0.2) is 0 Å². The number of methoxy groups -OCH3 is 1.